The second kappa shape index (κ2) is 31.2. The van der Waals surface area contributed by atoms with Gasteiger partial charge in [0.05, 0.1) is 61.0 Å². The highest BCUT2D eigenvalue weighted by molar-refractivity contribution is 7.85. The molecule has 0 saturated carbocycles. The first-order valence-corrected chi connectivity index (χ1v) is 45.9. The fourth-order valence-corrected chi connectivity index (χ4v) is 24.4. The van der Waals surface area contributed by atoms with Gasteiger partial charge in [0.1, 0.15) is 0 Å². The molecule has 24 aromatic rings. The van der Waals surface area contributed by atoms with Crippen LogP contribution in [0.15, 0.2) is 480 Å². The summed E-state index contributed by atoms with van der Waals surface area (Å²) in [7, 11) is -6.18. The van der Waals surface area contributed by atoms with Gasteiger partial charge in [0, 0.05) is 139 Å². The van der Waals surface area contributed by atoms with Crippen LogP contribution in [0.2, 0.25) is 0 Å². The predicted molar refractivity (Wildman–Crippen MR) is 526 cm³/mol. The van der Waals surface area contributed by atoms with Gasteiger partial charge < -0.3 is 46.2 Å². The molecule has 10 nitrogen and oxygen atoms in total. The van der Waals surface area contributed by atoms with Crippen LogP contribution in [0.1, 0.15) is 0 Å². The van der Waals surface area contributed by atoms with E-state index >= 15 is 4.57 Å². The van der Waals surface area contributed by atoms with Gasteiger partial charge in [-0.1, -0.05) is 291 Å². The molecule has 126 heavy (non-hydrogen) atoms. The molecular formula is C114H79N7O3P2. The summed E-state index contributed by atoms with van der Waals surface area (Å²) in [4.78, 5) is 2.30. The molecule has 0 unspecified atom stereocenters. The van der Waals surface area contributed by atoms with E-state index in [-0.39, 0.29) is 0 Å². The molecular weight excluding hydrogens is 1580 g/mol. The number of benzene rings is 18. The van der Waals surface area contributed by atoms with Crippen molar-refractivity contribution in [2.45, 2.75) is 0 Å². The molecule has 7 heterocycles. The van der Waals surface area contributed by atoms with E-state index < -0.39 is 14.3 Å². The fraction of sp³-hybridized carbons (Fsp3) is 0. The summed E-state index contributed by atoms with van der Waals surface area (Å²) >= 11 is 0. The average molecular weight is 1660 g/mol. The van der Waals surface area contributed by atoms with Crippen molar-refractivity contribution in [3.8, 4) is 45.6 Å². The molecule has 0 amide bonds. The van der Waals surface area contributed by atoms with Gasteiger partial charge in [0.15, 0.2) is 25.8 Å². The van der Waals surface area contributed by atoms with Crippen LogP contribution in [0.25, 0.3) is 132 Å². The van der Waals surface area contributed by atoms with Gasteiger partial charge in [0.2, 0.25) is 0 Å². The molecule has 598 valence electrons. The van der Waals surface area contributed by atoms with Crippen molar-refractivity contribution < 1.29 is 13.9 Å². The minimum Gasteiger partial charge on any atom is -0.453 e. The first-order valence-electron chi connectivity index (χ1n) is 42.5. The number of ether oxygens (including phenoxy) is 1. The quantitative estimate of drug-likeness (QED) is 0.108. The summed E-state index contributed by atoms with van der Waals surface area (Å²) in [6.07, 6.45) is 6.48. The number of hydrogen-bond donors (Lipinski definition) is 0. The number of anilines is 3. The molecule has 0 N–H and O–H groups in total. The van der Waals surface area contributed by atoms with E-state index in [4.69, 9.17) is 4.74 Å². The maximum absolute atomic E-state index is 15.2. The second-order valence-corrected chi connectivity index (χ2v) is 37.3. The van der Waals surface area contributed by atoms with Crippen LogP contribution in [0, 0.1) is 0 Å². The molecule has 0 radical (unpaired) electrons. The smallest absolute Gasteiger partial charge is 0.171 e. The normalized spacial score (nSPS) is 12.1. The highest BCUT2D eigenvalue weighted by Gasteiger charge is 2.33. The van der Waals surface area contributed by atoms with E-state index in [2.05, 4.69) is 330 Å². The Labute approximate surface area is 727 Å². The van der Waals surface area contributed by atoms with E-state index in [9.17, 15) is 4.57 Å². The lowest BCUT2D eigenvalue weighted by atomic mass is 10.1. The Morgan fingerprint density at radius 2 is 0.468 bits per heavy atom. The van der Waals surface area contributed by atoms with Crippen LogP contribution in [0.3, 0.4) is 0 Å². The highest BCUT2D eigenvalue weighted by atomic mass is 31.2. The third-order valence-electron chi connectivity index (χ3n) is 24.8. The zero-order valence-corrected chi connectivity index (χ0v) is 70.1. The van der Waals surface area contributed by atoms with Crippen molar-refractivity contribution in [3.05, 3.63) is 480 Å². The maximum Gasteiger partial charge on any atom is 0.171 e. The molecule has 6 aromatic heterocycles. The number of nitrogens with zero attached hydrogens (tertiary/aromatic N) is 7. The van der Waals surface area contributed by atoms with Crippen LogP contribution in [0.4, 0.5) is 17.1 Å². The second-order valence-electron chi connectivity index (χ2n) is 31.8. The minimum atomic E-state index is -3.13. The molecule has 1 aliphatic rings. The molecule has 0 spiro atoms. The fourth-order valence-electron chi connectivity index (χ4n) is 19.1. The number of aromatic nitrogens is 6. The zero-order valence-electron chi connectivity index (χ0n) is 68.4. The molecule has 18 aromatic carbocycles. The largest absolute Gasteiger partial charge is 0.453 e. The lowest BCUT2D eigenvalue weighted by Gasteiger charge is -2.33. The Morgan fingerprint density at radius 1 is 0.183 bits per heavy atom. The van der Waals surface area contributed by atoms with Gasteiger partial charge in [-0.15, -0.1) is 0 Å². The van der Waals surface area contributed by atoms with Crippen LogP contribution in [-0.2, 0) is 9.13 Å². The average Bonchev–Trinajstić information content (AvgIpc) is 1.58. The van der Waals surface area contributed by atoms with Gasteiger partial charge in [0.25, 0.3) is 0 Å². The first kappa shape index (κ1) is 75.0. The van der Waals surface area contributed by atoms with Crippen molar-refractivity contribution in [1.82, 2.24) is 27.4 Å². The number of fused-ring (bicyclic) bond motifs is 17. The number of hydrogen-bond acceptors (Lipinski definition) is 4. The van der Waals surface area contributed by atoms with E-state index in [0.29, 0.717) is 0 Å². The van der Waals surface area contributed by atoms with Gasteiger partial charge in [-0.3, -0.25) is 0 Å². The predicted octanol–water partition coefficient (Wildman–Crippen LogP) is 27.0. The summed E-state index contributed by atoms with van der Waals surface area (Å²) in [6.45, 7) is 0. The minimum absolute atomic E-state index is 0.817. The number of rotatable bonds is 13. The zero-order chi connectivity index (χ0) is 83.8. The lowest BCUT2D eigenvalue weighted by Crippen LogP contribution is -2.25. The van der Waals surface area contributed by atoms with Gasteiger partial charge in [-0.25, -0.2) is 0 Å². The van der Waals surface area contributed by atoms with Crippen LogP contribution >= 0.6 is 14.3 Å². The van der Waals surface area contributed by atoms with Crippen LogP contribution < -0.4 is 41.5 Å². The molecule has 0 aliphatic carbocycles. The van der Waals surface area contributed by atoms with E-state index in [1.807, 2.05) is 182 Å². The SMILES string of the molecule is O=P(c1ccccc1)(c1ccccc1)c1ccc(-n2c3ccccc3c3ccc4c(ccn4-c4ccccc4)c32)cc1.O=P(c1ccccc1)(c1ccccc1)c1cccc(-n2c3ccccc3c3ccc4c(ccn4-c4ccccc4)c32)c1.c1ccc(-n2ccc3c2ccc2c4ccccc4n(-c4cccc(N5c6ccccc6Oc6ccccc65)c4)c23)cc1. The van der Waals surface area contributed by atoms with Crippen molar-refractivity contribution >= 4 is 161 Å². The summed E-state index contributed by atoms with van der Waals surface area (Å²) in [5.74, 6) is 1.70. The molecule has 0 saturated heterocycles. The summed E-state index contributed by atoms with van der Waals surface area (Å²) in [5.41, 5.74) is 20.2. The van der Waals surface area contributed by atoms with Crippen LogP contribution in [-0.4, -0.2) is 27.4 Å². The van der Waals surface area contributed by atoms with Crippen LogP contribution in [0.5, 0.6) is 11.5 Å². The highest BCUT2D eigenvalue weighted by Crippen LogP contribution is 2.52. The van der Waals surface area contributed by atoms with Gasteiger partial charge in [-0.05, 0) is 170 Å². The van der Waals surface area contributed by atoms with Crippen molar-refractivity contribution in [3.63, 3.8) is 0 Å². The third kappa shape index (κ3) is 12.5. The van der Waals surface area contributed by atoms with E-state index in [1.54, 1.807) is 0 Å². The molecule has 0 atom stereocenters. The monoisotopic (exact) mass is 1660 g/mol. The summed E-state index contributed by atoms with van der Waals surface area (Å²) in [6, 6.07) is 159. The first-order chi connectivity index (χ1) is 62.3. The van der Waals surface area contributed by atoms with Crippen molar-refractivity contribution in [2.24, 2.45) is 0 Å². The Bertz CT molecular complexity index is 8240. The van der Waals surface area contributed by atoms with Gasteiger partial charge in [-0.2, -0.15) is 0 Å². The molecule has 0 fully saturated rings. The Hall–Kier alpha value is -16.0. The lowest BCUT2D eigenvalue weighted by molar-refractivity contribution is 0.477. The van der Waals surface area contributed by atoms with E-state index in [1.165, 1.54) is 70.5 Å². The molecule has 1 aliphatic heterocycles. The van der Waals surface area contributed by atoms with Crippen molar-refractivity contribution in [2.75, 3.05) is 4.90 Å². The van der Waals surface area contributed by atoms with Crippen molar-refractivity contribution in [1.29, 1.82) is 0 Å². The maximum atomic E-state index is 15.2. The van der Waals surface area contributed by atoms with Gasteiger partial charge >= 0.3 is 0 Å². The Kier molecular flexibility index (Phi) is 18.6. The Balaban J connectivity index is 0.000000109. The molecule has 25 rings (SSSR count). The summed E-state index contributed by atoms with van der Waals surface area (Å²) in [5, 5.41) is 15.9. The molecule has 0 bridgehead atoms. The van der Waals surface area contributed by atoms with E-state index in [0.717, 1.165) is 122 Å². The standard InChI is InChI=1S/C38H25N3O.2C38H27N2OP/c1-2-11-26(12-3-1)39-24-23-31-32(39)22-21-30-29-15-4-5-16-33(29)41(38(30)31)28-14-10-13-27(25-28)40-34-17-6-8-19-36(34)42-37-20-9-7-18-35(37)40;41-42(30-16-6-2-7-17-30,31-18-8-3-9-19-31)32-20-12-15-29(27-32)40-37-22-11-10-21-33(37)34-23-24-36-35(38(34)40)25-26-39(36)28-13-4-1-5-14-28;41-42(30-14-6-2-7-15-30,31-16-8-3-9-17-31)32-22-20-29(21-23-32)40-37-19-11-10-18-33(37)34-24-25-36-35(38(34)40)26-27-39(36)28-12-4-1-5-13-28/h1-25H;2*1-27H. The third-order valence-corrected chi connectivity index (χ3v) is 30.9. The molecule has 12 heteroatoms. The summed E-state index contributed by atoms with van der Waals surface area (Å²) < 4.78 is 50.3. The topological polar surface area (TPSA) is 76.2 Å². The number of para-hydroxylation sites is 10. The Morgan fingerprint density at radius 3 is 0.857 bits per heavy atom.